The Labute approximate surface area is 353 Å². The van der Waals surface area contributed by atoms with Crippen LogP contribution < -0.4 is 0 Å². The number of rotatable bonds is 9. The number of para-hydroxylation sites is 2. The predicted molar refractivity (Wildman–Crippen MR) is 258 cm³/mol. The molecule has 10 rings (SSSR count). The Hall–Kier alpha value is -7.16. The molecule has 0 bridgehead atoms. The first-order chi connectivity index (χ1) is 29.1. The zero-order valence-corrected chi connectivity index (χ0v) is 34.8. The van der Waals surface area contributed by atoms with Crippen LogP contribution in [-0.4, -0.2) is 9.13 Å². The van der Waals surface area contributed by atoms with Crippen molar-refractivity contribution < 1.29 is 0 Å². The van der Waals surface area contributed by atoms with Gasteiger partial charge in [0.2, 0.25) is 0 Å². The Morgan fingerprint density at radius 1 is 0.350 bits per heavy atom. The molecule has 0 N–H and O–H groups in total. The van der Waals surface area contributed by atoms with Gasteiger partial charge in [-0.25, -0.2) is 0 Å². The van der Waals surface area contributed by atoms with Crippen molar-refractivity contribution in [1.82, 2.24) is 9.13 Å². The second kappa shape index (κ2) is 14.3. The summed E-state index contributed by atoms with van der Waals surface area (Å²) < 4.78 is 4.81. The Bertz CT molecular complexity index is 3020. The number of hydrogen-bond donors (Lipinski definition) is 0. The molecule has 10 aromatic rings. The fourth-order valence-electron chi connectivity index (χ4n) is 9.29. The van der Waals surface area contributed by atoms with Crippen LogP contribution >= 0.6 is 0 Å². The third kappa shape index (κ3) is 6.02. The van der Waals surface area contributed by atoms with Crippen LogP contribution in [0.25, 0.3) is 78.3 Å². The zero-order valence-electron chi connectivity index (χ0n) is 34.8. The van der Waals surface area contributed by atoms with Crippen LogP contribution in [0.3, 0.4) is 0 Å². The summed E-state index contributed by atoms with van der Waals surface area (Å²) in [5.41, 5.74) is 16.6. The maximum Gasteiger partial charge on any atom is 0.0541 e. The Kier molecular flexibility index (Phi) is 8.84. The first-order valence-electron chi connectivity index (χ1n) is 20.9. The van der Waals surface area contributed by atoms with Crippen molar-refractivity contribution in [3.63, 3.8) is 0 Å². The molecule has 8 aromatic carbocycles. The molecule has 0 unspecified atom stereocenters. The van der Waals surface area contributed by atoms with E-state index in [1.807, 2.05) is 12.2 Å². The molecule has 0 atom stereocenters. The van der Waals surface area contributed by atoms with Crippen LogP contribution in [0, 0.1) is 0 Å². The minimum absolute atomic E-state index is 0.157. The average molecular weight is 773 g/mol. The van der Waals surface area contributed by atoms with Crippen LogP contribution in [0.5, 0.6) is 0 Å². The third-order valence-corrected chi connectivity index (χ3v) is 13.1. The van der Waals surface area contributed by atoms with E-state index < -0.39 is 0 Å². The summed E-state index contributed by atoms with van der Waals surface area (Å²) in [4.78, 5) is 0. The Morgan fingerprint density at radius 2 is 0.683 bits per heavy atom. The highest BCUT2D eigenvalue weighted by Gasteiger charge is 2.26. The number of benzene rings is 8. The van der Waals surface area contributed by atoms with Crippen molar-refractivity contribution in [1.29, 1.82) is 0 Å². The van der Waals surface area contributed by atoms with Gasteiger partial charge in [0.15, 0.2) is 0 Å². The van der Waals surface area contributed by atoms with Crippen molar-refractivity contribution in [2.24, 2.45) is 0 Å². The number of aromatic nitrogens is 2. The molecule has 0 spiro atoms. The van der Waals surface area contributed by atoms with Gasteiger partial charge < -0.3 is 9.13 Å². The van der Waals surface area contributed by atoms with E-state index in [9.17, 15) is 0 Å². The third-order valence-electron chi connectivity index (χ3n) is 13.1. The smallest absolute Gasteiger partial charge is 0.0541 e. The van der Waals surface area contributed by atoms with E-state index in [2.05, 4.69) is 232 Å². The van der Waals surface area contributed by atoms with Crippen LogP contribution in [0.2, 0.25) is 0 Å². The van der Waals surface area contributed by atoms with Gasteiger partial charge >= 0.3 is 0 Å². The van der Waals surface area contributed by atoms with Crippen molar-refractivity contribution >= 4 is 55.8 Å². The SMILES string of the molecule is C=Cc1ccc(C(C)(C)c2ccc3c(c2)c2ccccc2n3-c2ccc(-c3ccc(-n4c5ccccc5c5cc(C(C)(C)c6ccc(C=C)cc6)ccc54)cc3)cc2)cc1. The molecule has 2 heterocycles. The summed E-state index contributed by atoms with van der Waals surface area (Å²) in [5, 5.41) is 5.05. The highest BCUT2D eigenvalue weighted by Crippen LogP contribution is 2.40. The number of fused-ring (bicyclic) bond motifs is 6. The molecule has 2 nitrogen and oxygen atoms in total. The molecule has 2 heteroatoms. The van der Waals surface area contributed by atoms with E-state index in [1.165, 1.54) is 77.0 Å². The summed E-state index contributed by atoms with van der Waals surface area (Å²) in [7, 11) is 0. The molecule has 0 aliphatic heterocycles. The van der Waals surface area contributed by atoms with Gasteiger partial charge in [0.1, 0.15) is 0 Å². The summed E-state index contributed by atoms with van der Waals surface area (Å²) in [5.74, 6) is 0. The minimum Gasteiger partial charge on any atom is -0.309 e. The molecule has 60 heavy (non-hydrogen) atoms. The van der Waals surface area contributed by atoms with Crippen LogP contribution in [0.15, 0.2) is 195 Å². The first-order valence-corrected chi connectivity index (χ1v) is 20.9. The summed E-state index contributed by atoms with van der Waals surface area (Å²) in [6.45, 7) is 17.1. The maximum atomic E-state index is 3.93. The van der Waals surface area contributed by atoms with Crippen molar-refractivity contribution in [3.8, 4) is 22.5 Å². The largest absolute Gasteiger partial charge is 0.309 e. The molecule has 0 saturated heterocycles. The average Bonchev–Trinajstić information content (AvgIpc) is 3.81. The van der Waals surface area contributed by atoms with Gasteiger partial charge in [-0.15, -0.1) is 0 Å². The lowest BCUT2D eigenvalue weighted by Gasteiger charge is -2.26. The Balaban J connectivity index is 0.976. The molecule has 0 radical (unpaired) electrons. The number of nitrogens with zero attached hydrogens (tertiary/aromatic N) is 2. The number of hydrogen-bond acceptors (Lipinski definition) is 0. The monoisotopic (exact) mass is 772 g/mol. The molecular formula is C58H48N2. The molecule has 0 fully saturated rings. The van der Waals surface area contributed by atoms with Crippen LogP contribution in [0.1, 0.15) is 61.1 Å². The maximum absolute atomic E-state index is 3.93. The van der Waals surface area contributed by atoms with Gasteiger partial charge in [-0.2, -0.15) is 0 Å². The lowest BCUT2D eigenvalue weighted by molar-refractivity contribution is 0.641. The summed E-state index contributed by atoms with van der Waals surface area (Å²) >= 11 is 0. The second-order valence-corrected chi connectivity index (χ2v) is 17.2. The highest BCUT2D eigenvalue weighted by molar-refractivity contribution is 6.10. The van der Waals surface area contributed by atoms with E-state index >= 15 is 0 Å². The van der Waals surface area contributed by atoms with Crippen molar-refractivity contribution in [2.45, 2.75) is 38.5 Å². The van der Waals surface area contributed by atoms with E-state index in [0.29, 0.717) is 0 Å². The van der Waals surface area contributed by atoms with E-state index in [1.54, 1.807) is 0 Å². The quantitative estimate of drug-likeness (QED) is 0.138. The fourth-order valence-corrected chi connectivity index (χ4v) is 9.29. The lowest BCUT2D eigenvalue weighted by atomic mass is 9.77. The summed E-state index contributed by atoms with van der Waals surface area (Å²) in [6, 6.07) is 67.1. The standard InChI is InChI=1S/C58H48N2/c1-7-39-17-25-43(26-18-39)57(3,4)45-29-35-55-51(37-45)49-13-9-11-15-53(49)59(55)47-31-21-41(22-32-47)42-23-33-48(34-24-42)60-54-16-12-10-14-50(54)52-38-46(30-36-56(52)60)58(5,6)44-27-19-40(8-2)20-28-44/h7-38H,1-2H2,3-6H3. The van der Waals surface area contributed by atoms with Crippen molar-refractivity contribution in [3.05, 3.63) is 229 Å². The van der Waals surface area contributed by atoms with Gasteiger partial charge in [-0.3, -0.25) is 0 Å². The second-order valence-electron chi connectivity index (χ2n) is 17.2. The Morgan fingerprint density at radius 3 is 1.05 bits per heavy atom. The van der Waals surface area contributed by atoms with E-state index in [0.717, 1.165) is 22.5 Å². The van der Waals surface area contributed by atoms with E-state index in [-0.39, 0.29) is 10.8 Å². The summed E-state index contributed by atoms with van der Waals surface area (Å²) in [6.07, 6.45) is 3.80. The molecule has 0 aliphatic rings. The minimum atomic E-state index is -0.157. The molecular weight excluding hydrogens is 725 g/mol. The van der Waals surface area contributed by atoms with Crippen LogP contribution in [0.4, 0.5) is 0 Å². The van der Waals surface area contributed by atoms with Gasteiger partial charge in [-0.05, 0) is 105 Å². The fraction of sp³-hybridized carbons (Fsp3) is 0.103. The lowest BCUT2D eigenvalue weighted by Crippen LogP contribution is -2.18. The van der Waals surface area contributed by atoms with Gasteiger partial charge in [-0.1, -0.05) is 174 Å². The van der Waals surface area contributed by atoms with E-state index in [4.69, 9.17) is 0 Å². The normalized spacial score (nSPS) is 12.1. The van der Waals surface area contributed by atoms with Gasteiger partial charge in [0.25, 0.3) is 0 Å². The topological polar surface area (TPSA) is 9.86 Å². The van der Waals surface area contributed by atoms with Crippen molar-refractivity contribution in [2.75, 3.05) is 0 Å². The molecule has 0 saturated carbocycles. The van der Waals surface area contributed by atoms with Crippen LogP contribution in [-0.2, 0) is 10.8 Å². The van der Waals surface area contributed by atoms with Gasteiger partial charge in [0, 0.05) is 43.7 Å². The van der Waals surface area contributed by atoms with Gasteiger partial charge in [0.05, 0.1) is 22.1 Å². The highest BCUT2D eigenvalue weighted by atomic mass is 15.0. The molecule has 290 valence electrons. The predicted octanol–water partition coefficient (Wildman–Crippen LogP) is 15.5. The molecule has 2 aromatic heterocycles. The molecule has 0 amide bonds. The molecule has 0 aliphatic carbocycles. The first kappa shape index (κ1) is 37.1. The zero-order chi connectivity index (χ0) is 41.2.